The van der Waals surface area contributed by atoms with Crippen LogP contribution in [0.3, 0.4) is 0 Å². The molecule has 0 bridgehead atoms. The molecule has 1 amide bonds. The lowest BCUT2D eigenvalue weighted by Crippen LogP contribution is -2.43. The Hall–Kier alpha value is -2.94. The summed E-state index contributed by atoms with van der Waals surface area (Å²) in [6.07, 6.45) is 3.12. The summed E-state index contributed by atoms with van der Waals surface area (Å²) in [5, 5.41) is 3.07. The largest absolute Gasteiger partial charge is 0.481 e. The third kappa shape index (κ3) is 4.14. The number of amides is 1. The number of carbonyl (C=O) groups is 1. The molecular weight excluding hydrogens is 360 g/mol. The van der Waals surface area contributed by atoms with Crippen molar-refractivity contribution in [2.24, 2.45) is 0 Å². The molecule has 0 saturated carbocycles. The highest BCUT2D eigenvalue weighted by Gasteiger charge is 2.35. The molecule has 9 heteroatoms. The van der Waals surface area contributed by atoms with E-state index < -0.39 is 0 Å². The zero-order valence-corrected chi connectivity index (χ0v) is 16.8. The van der Waals surface area contributed by atoms with Crippen LogP contribution >= 0.6 is 0 Å². The zero-order valence-electron chi connectivity index (χ0n) is 16.8. The number of methoxy groups -OCH3 is 2. The van der Waals surface area contributed by atoms with Crippen LogP contribution in [0.2, 0.25) is 0 Å². The number of hydrogen-bond donors (Lipinski definition) is 1. The highest BCUT2D eigenvalue weighted by molar-refractivity contribution is 5.95. The first kappa shape index (κ1) is 19.8. The van der Waals surface area contributed by atoms with Crippen LogP contribution in [-0.2, 0) is 4.74 Å². The first-order valence-electron chi connectivity index (χ1n) is 9.02. The van der Waals surface area contributed by atoms with Crippen molar-refractivity contribution >= 4 is 17.7 Å². The Bertz CT molecular complexity index is 844. The van der Waals surface area contributed by atoms with Gasteiger partial charge in [0.2, 0.25) is 11.8 Å². The lowest BCUT2D eigenvalue weighted by Gasteiger charge is -2.19. The highest BCUT2D eigenvalue weighted by atomic mass is 16.5. The van der Waals surface area contributed by atoms with Gasteiger partial charge >= 0.3 is 0 Å². The molecule has 1 saturated heterocycles. The van der Waals surface area contributed by atoms with Gasteiger partial charge in [-0.25, -0.2) is 9.97 Å². The fourth-order valence-electron chi connectivity index (χ4n) is 3.19. The van der Waals surface area contributed by atoms with Gasteiger partial charge in [0.1, 0.15) is 5.82 Å². The summed E-state index contributed by atoms with van der Waals surface area (Å²) >= 11 is 0. The smallest absolute Gasteiger partial charge is 0.253 e. The summed E-state index contributed by atoms with van der Waals surface area (Å²) in [7, 11) is 7.00. The lowest BCUT2D eigenvalue weighted by molar-refractivity contribution is 0.0781. The molecule has 1 aliphatic heterocycles. The summed E-state index contributed by atoms with van der Waals surface area (Å²) in [5.74, 6) is 1.74. The minimum absolute atomic E-state index is 0.145. The molecule has 1 N–H and O–H groups in total. The Balaban J connectivity index is 1.74. The van der Waals surface area contributed by atoms with Gasteiger partial charge in [0.05, 0.1) is 24.8 Å². The summed E-state index contributed by atoms with van der Waals surface area (Å²) in [6, 6.07) is 3.44. The van der Waals surface area contributed by atoms with Gasteiger partial charge in [-0.3, -0.25) is 4.79 Å². The number of aryl methyl sites for hydroxylation is 1. The predicted octanol–water partition coefficient (Wildman–Crippen LogP) is 0.888. The van der Waals surface area contributed by atoms with E-state index in [4.69, 9.17) is 9.47 Å². The number of anilines is 2. The molecule has 0 aliphatic carbocycles. The van der Waals surface area contributed by atoms with Crippen LogP contribution in [0.25, 0.3) is 0 Å². The average molecular weight is 386 g/mol. The number of hydrogen-bond acceptors (Lipinski definition) is 8. The van der Waals surface area contributed by atoms with Gasteiger partial charge in [-0.2, -0.15) is 4.98 Å². The van der Waals surface area contributed by atoms with E-state index in [0.29, 0.717) is 30.5 Å². The molecular formula is C19H26N6O3. The fraction of sp³-hybridized carbons (Fsp3) is 0.474. The summed E-state index contributed by atoms with van der Waals surface area (Å²) in [4.78, 5) is 29.7. The van der Waals surface area contributed by atoms with Crippen molar-refractivity contribution < 1.29 is 14.3 Å². The van der Waals surface area contributed by atoms with Crippen LogP contribution in [0.1, 0.15) is 15.9 Å². The highest BCUT2D eigenvalue weighted by Crippen LogP contribution is 2.22. The third-order valence-corrected chi connectivity index (χ3v) is 4.78. The maximum atomic E-state index is 12.8. The van der Waals surface area contributed by atoms with E-state index in [1.165, 1.54) is 6.20 Å². The topological polar surface area (TPSA) is 92.7 Å². The molecule has 2 aromatic heterocycles. The average Bonchev–Trinajstić information content (AvgIpc) is 3.10. The minimum Gasteiger partial charge on any atom is -0.481 e. The van der Waals surface area contributed by atoms with Crippen molar-refractivity contribution in [3.8, 4) is 5.88 Å². The maximum Gasteiger partial charge on any atom is 0.253 e. The Morgan fingerprint density at radius 2 is 2.07 bits per heavy atom. The van der Waals surface area contributed by atoms with Crippen LogP contribution in [0.4, 0.5) is 11.8 Å². The van der Waals surface area contributed by atoms with E-state index in [9.17, 15) is 4.79 Å². The standard InChI is InChI=1S/C19H26N6O3/c1-12-8-17(28-5)21-9-13(12)18(26)22-14-10-25(11-15(14)27-4)16-6-7-20-19(23-16)24(2)3/h6-9,14-15H,10-11H2,1-5H3,(H,22,26)/t14-,15+/m0/s1. The number of nitrogens with zero attached hydrogens (tertiary/aromatic N) is 5. The second kappa shape index (κ2) is 8.39. The molecule has 1 fully saturated rings. The SMILES string of the molecule is COc1cc(C)c(C(=O)N[C@H]2CN(c3ccnc(N(C)C)n3)C[C@H]2OC)cn1. The molecule has 1 aliphatic rings. The van der Waals surface area contributed by atoms with Crippen LogP contribution in [0.5, 0.6) is 5.88 Å². The van der Waals surface area contributed by atoms with Gasteiger partial charge in [0, 0.05) is 52.8 Å². The second-order valence-electron chi connectivity index (χ2n) is 6.91. The molecule has 2 atom stereocenters. The summed E-state index contributed by atoms with van der Waals surface area (Å²) in [6.45, 7) is 3.08. The molecule has 28 heavy (non-hydrogen) atoms. The number of rotatable bonds is 6. The normalized spacial score (nSPS) is 18.8. The minimum atomic E-state index is -0.182. The molecule has 9 nitrogen and oxygen atoms in total. The Kier molecular flexibility index (Phi) is 5.93. The van der Waals surface area contributed by atoms with Crippen molar-refractivity contribution in [1.82, 2.24) is 20.3 Å². The fourth-order valence-corrected chi connectivity index (χ4v) is 3.19. The summed E-state index contributed by atoms with van der Waals surface area (Å²) < 4.78 is 10.7. The van der Waals surface area contributed by atoms with Gasteiger partial charge < -0.3 is 24.6 Å². The third-order valence-electron chi connectivity index (χ3n) is 4.78. The van der Waals surface area contributed by atoms with Crippen molar-refractivity contribution in [2.75, 3.05) is 51.2 Å². The molecule has 150 valence electrons. The molecule has 0 unspecified atom stereocenters. The van der Waals surface area contributed by atoms with Gasteiger partial charge in [0.25, 0.3) is 5.91 Å². The van der Waals surface area contributed by atoms with E-state index in [1.807, 2.05) is 32.0 Å². The van der Waals surface area contributed by atoms with E-state index >= 15 is 0 Å². The van der Waals surface area contributed by atoms with Crippen LogP contribution in [-0.4, -0.2) is 74.4 Å². The Morgan fingerprint density at radius 3 is 2.71 bits per heavy atom. The van der Waals surface area contributed by atoms with E-state index in [1.54, 1.807) is 26.5 Å². The van der Waals surface area contributed by atoms with Gasteiger partial charge in [-0.1, -0.05) is 0 Å². The van der Waals surface area contributed by atoms with Crippen molar-refractivity contribution in [3.05, 3.63) is 35.7 Å². The first-order valence-corrected chi connectivity index (χ1v) is 9.02. The molecule has 0 aromatic carbocycles. The van der Waals surface area contributed by atoms with E-state index in [-0.39, 0.29) is 18.1 Å². The molecule has 2 aromatic rings. The maximum absolute atomic E-state index is 12.8. The van der Waals surface area contributed by atoms with Crippen LogP contribution < -0.4 is 19.9 Å². The van der Waals surface area contributed by atoms with Crippen molar-refractivity contribution in [2.45, 2.75) is 19.1 Å². The second-order valence-corrected chi connectivity index (χ2v) is 6.91. The molecule has 0 spiro atoms. The van der Waals surface area contributed by atoms with Gasteiger partial charge in [-0.05, 0) is 18.6 Å². The lowest BCUT2D eigenvalue weighted by atomic mass is 10.1. The molecule has 3 rings (SSSR count). The van der Waals surface area contributed by atoms with Crippen LogP contribution in [0, 0.1) is 6.92 Å². The Morgan fingerprint density at radius 1 is 1.29 bits per heavy atom. The van der Waals surface area contributed by atoms with Gasteiger partial charge in [-0.15, -0.1) is 0 Å². The van der Waals surface area contributed by atoms with Crippen LogP contribution in [0.15, 0.2) is 24.5 Å². The van der Waals surface area contributed by atoms with E-state index in [0.717, 1.165) is 11.4 Å². The number of pyridine rings is 1. The quantitative estimate of drug-likeness (QED) is 0.782. The number of ether oxygens (including phenoxy) is 2. The number of carbonyl (C=O) groups excluding carboxylic acids is 1. The molecule has 3 heterocycles. The zero-order chi connectivity index (χ0) is 20.3. The predicted molar refractivity (Wildman–Crippen MR) is 106 cm³/mol. The molecule has 0 radical (unpaired) electrons. The van der Waals surface area contributed by atoms with Crippen molar-refractivity contribution in [3.63, 3.8) is 0 Å². The number of nitrogens with one attached hydrogen (secondary N) is 1. The Labute approximate surface area is 164 Å². The van der Waals surface area contributed by atoms with Crippen molar-refractivity contribution in [1.29, 1.82) is 0 Å². The monoisotopic (exact) mass is 386 g/mol. The summed E-state index contributed by atoms with van der Waals surface area (Å²) in [5.41, 5.74) is 1.32. The van der Waals surface area contributed by atoms with E-state index in [2.05, 4.69) is 25.2 Å². The first-order chi connectivity index (χ1) is 13.4. The van der Waals surface area contributed by atoms with Gasteiger partial charge in [0.15, 0.2) is 0 Å². The number of aromatic nitrogens is 3.